The molecule has 0 aliphatic carbocycles. The van der Waals surface area contributed by atoms with E-state index in [9.17, 15) is 9.59 Å². The van der Waals surface area contributed by atoms with Crippen LogP contribution in [0.5, 0.6) is 0 Å². The summed E-state index contributed by atoms with van der Waals surface area (Å²) < 4.78 is 21.4. The Kier molecular flexibility index (Phi) is 6.12. The average molecular weight is 316 g/mol. The topological polar surface area (TPSA) is 71.1 Å². The van der Waals surface area contributed by atoms with E-state index in [2.05, 4.69) is 0 Å². The van der Waals surface area contributed by atoms with Gasteiger partial charge in [0.1, 0.15) is 0 Å². The normalized spacial score (nSPS) is 20.9. The summed E-state index contributed by atoms with van der Waals surface area (Å²) in [5.41, 5.74) is -1.77. The van der Waals surface area contributed by atoms with Crippen LogP contribution in [0.1, 0.15) is 20.3 Å². The van der Waals surface area contributed by atoms with Crippen LogP contribution in [0.2, 0.25) is 19.6 Å². The fourth-order valence-electron chi connectivity index (χ4n) is 1.88. The van der Waals surface area contributed by atoms with Gasteiger partial charge in [-0.15, -0.1) is 0 Å². The number of hydrogen-bond donors (Lipinski definition) is 0. The summed E-state index contributed by atoms with van der Waals surface area (Å²) in [6.07, 6.45) is 2.73. The van der Waals surface area contributed by atoms with E-state index >= 15 is 0 Å². The van der Waals surface area contributed by atoms with Gasteiger partial charge in [-0.05, 0) is 39.6 Å². The van der Waals surface area contributed by atoms with E-state index in [0.717, 1.165) is 0 Å². The molecule has 1 atom stereocenters. The smallest absolute Gasteiger partial charge is 0.350 e. The quantitative estimate of drug-likeness (QED) is 0.323. The molecule has 0 aromatic rings. The number of esters is 2. The third-order valence-corrected chi connectivity index (χ3v) is 3.64. The fourth-order valence-corrected chi connectivity index (χ4v) is 2.71. The molecule has 21 heavy (non-hydrogen) atoms. The lowest BCUT2D eigenvalue weighted by Crippen LogP contribution is -2.55. The number of rotatable bonds is 6. The van der Waals surface area contributed by atoms with Crippen LogP contribution in [-0.2, 0) is 28.2 Å². The van der Waals surface area contributed by atoms with Gasteiger partial charge in [-0.3, -0.25) is 0 Å². The highest BCUT2D eigenvalue weighted by Gasteiger charge is 2.53. The van der Waals surface area contributed by atoms with Gasteiger partial charge in [0.05, 0.1) is 13.2 Å². The van der Waals surface area contributed by atoms with Gasteiger partial charge in [-0.25, -0.2) is 9.59 Å². The minimum absolute atomic E-state index is 0.0796. The highest BCUT2D eigenvalue weighted by atomic mass is 28.4. The summed E-state index contributed by atoms with van der Waals surface area (Å²) in [4.78, 5) is 24.4. The first-order valence-electron chi connectivity index (χ1n) is 7.12. The lowest BCUT2D eigenvalue weighted by Gasteiger charge is -2.36. The number of carbonyl (C=O) groups is 2. The SMILES string of the molecule is CCOC(=O)C1(C(=O)OCC)CC=CC(O[Si](C)(C)C)O1. The van der Waals surface area contributed by atoms with Gasteiger partial charge in [-0.2, -0.15) is 0 Å². The second-order valence-corrected chi connectivity index (χ2v) is 10.1. The first-order valence-corrected chi connectivity index (χ1v) is 10.5. The molecule has 7 heteroatoms. The molecule has 1 aliphatic heterocycles. The van der Waals surface area contributed by atoms with Crippen molar-refractivity contribution < 1.29 is 28.2 Å². The van der Waals surface area contributed by atoms with E-state index in [-0.39, 0.29) is 19.6 Å². The van der Waals surface area contributed by atoms with Gasteiger partial charge >= 0.3 is 11.9 Å². The number of ether oxygens (including phenoxy) is 3. The summed E-state index contributed by atoms with van der Waals surface area (Å²) in [6, 6.07) is 0. The van der Waals surface area contributed by atoms with E-state index in [1.807, 2.05) is 19.6 Å². The predicted octanol–water partition coefficient (Wildman–Crippen LogP) is 2.01. The van der Waals surface area contributed by atoms with Crippen molar-refractivity contribution in [2.24, 2.45) is 0 Å². The predicted molar refractivity (Wildman–Crippen MR) is 79.1 cm³/mol. The fraction of sp³-hybridized carbons (Fsp3) is 0.714. The molecular weight excluding hydrogens is 292 g/mol. The van der Waals surface area contributed by atoms with Gasteiger partial charge in [0.25, 0.3) is 5.60 Å². The minimum atomic E-state index is -1.89. The third kappa shape index (κ3) is 4.65. The highest BCUT2D eigenvalue weighted by Crippen LogP contribution is 2.29. The maximum atomic E-state index is 12.2. The van der Waals surface area contributed by atoms with E-state index in [0.29, 0.717) is 0 Å². The van der Waals surface area contributed by atoms with Crippen molar-refractivity contribution in [3.05, 3.63) is 12.2 Å². The summed E-state index contributed by atoms with van der Waals surface area (Å²) in [5, 5.41) is 0. The first-order chi connectivity index (χ1) is 9.75. The number of carbonyl (C=O) groups excluding carboxylic acids is 2. The Balaban J connectivity index is 3.00. The Morgan fingerprint density at radius 2 is 1.71 bits per heavy atom. The Labute approximate surface area is 126 Å². The summed E-state index contributed by atoms with van der Waals surface area (Å²) in [7, 11) is -1.89. The third-order valence-electron chi connectivity index (χ3n) is 2.70. The van der Waals surface area contributed by atoms with Crippen LogP contribution in [0.3, 0.4) is 0 Å². The molecule has 1 heterocycles. The minimum Gasteiger partial charge on any atom is -0.463 e. The van der Waals surface area contributed by atoms with Crippen LogP contribution in [0, 0.1) is 0 Å². The molecule has 0 aromatic carbocycles. The summed E-state index contributed by atoms with van der Waals surface area (Å²) in [5.74, 6) is -1.48. The van der Waals surface area contributed by atoms with Crippen LogP contribution < -0.4 is 0 Å². The molecular formula is C14H24O6Si. The number of hydrogen-bond acceptors (Lipinski definition) is 6. The zero-order valence-corrected chi connectivity index (χ0v) is 14.3. The maximum Gasteiger partial charge on any atom is 0.350 e. The van der Waals surface area contributed by atoms with Crippen molar-refractivity contribution in [3.63, 3.8) is 0 Å². The molecule has 120 valence electrons. The second kappa shape index (κ2) is 7.19. The zero-order valence-electron chi connectivity index (χ0n) is 13.3. The Morgan fingerprint density at radius 1 is 1.19 bits per heavy atom. The van der Waals surface area contributed by atoms with Crippen molar-refractivity contribution in [1.29, 1.82) is 0 Å². The van der Waals surface area contributed by atoms with Crippen molar-refractivity contribution in [3.8, 4) is 0 Å². The molecule has 0 N–H and O–H groups in total. The van der Waals surface area contributed by atoms with E-state index < -0.39 is 32.1 Å². The molecule has 1 unspecified atom stereocenters. The van der Waals surface area contributed by atoms with E-state index in [4.69, 9.17) is 18.6 Å². The molecule has 0 bridgehead atoms. The molecule has 0 aromatic heterocycles. The Bertz CT molecular complexity index is 394. The van der Waals surface area contributed by atoms with E-state index in [1.54, 1.807) is 26.0 Å². The van der Waals surface area contributed by atoms with E-state index in [1.165, 1.54) is 0 Å². The van der Waals surface area contributed by atoms with Crippen LogP contribution in [0.15, 0.2) is 12.2 Å². The zero-order chi connectivity index (χ0) is 16.1. The van der Waals surface area contributed by atoms with Crippen LogP contribution in [0.4, 0.5) is 0 Å². The van der Waals surface area contributed by atoms with Gasteiger partial charge in [0, 0.05) is 6.42 Å². The molecule has 0 spiro atoms. The Hall–Kier alpha value is -1.18. The van der Waals surface area contributed by atoms with Crippen LogP contribution in [-0.4, -0.2) is 45.4 Å². The molecule has 0 amide bonds. The maximum absolute atomic E-state index is 12.2. The molecule has 1 rings (SSSR count). The molecule has 6 nitrogen and oxygen atoms in total. The van der Waals surface area contributed by atoms with Crippen molar-refractivity contribution in [1.82, 2.24) is 0 Å². The molecule has 0 radical (unpaired) electrons. The standard InChI is InChI=1S/C14H24O6Si/c1-6-17-12(15)14(13(16)18-7-2)10-8-9-11(19-14)20-21(3,4)5/h8-9,11H,6-7,10H2,1-5H3. The van der Waals surface area contributed by atoms with Crippen molar-refractivity contribution in [2.75, 3.05) is 13.2 Å². The van der Waals surface area contributed by atoms with Crippen molar-refractivity contribution >= 4 is 20.3 Å². The highest BCUT2D eigenvalue weighted by molar-refractivity contribution is 6.69. The first kappa shape index (κ1) is 17.9. The molecule has 0 saturated carbocycles. The summed E-state index contributed by atoms with van der Waals surface area (Å²) >= 11 is 0. The Morgan fingerprint density at radius 3 is 2.14 bits per heavy atom. The van der Waals surface area contributed by atoms with Gasteiger partial charge < -0.3 is 18.6 Å². The van der Waals surface area contributed by atoms with Crippen molar-refractivity contribution in [2.45, 2.75) is 51.8 Å². The van der Waals surface area contributed by atoms with Crippen LogP contribution >= 0.6 is 0 Å². The summed E-state index contributed by atoms with van der Waals surface area (Å²) in [6.45, 7) is 9.65. The van der Waals surface area contributed by atoms with Gasteiger partial charge in [0.15, 0.2) is 14.6 Å². The second-order valence-electron chi connectivity index (χ2n) is 5.62. The molecule has 0 fully saturated rings. The van der Waals surface area contributed by atoms with Crippen LogP contribution in [0.25, 0.3) is 0 Å². The molecule has 0 saturated heterocycles. The lowest BCUT2D eigenvalue weighted by atomic mass is 9.97. The largest absolute Gasteiger partial charge is 0.463 e. The lowest BCUT2D eigenvalue weighted by molar-refractivity contribution is -0.212. The van der Waals surface area contributed by atoms with Gasteiger partial charge in [0.2, 0.25) is 0 Å². The monoisotopic (exact) mass is 316 g/mol. The average Bonchev–Trinajstić information content (AvgIpc) is 2.37. The molecule has 1 aliphatic rings. The van der Waals surface area contributed by atoms with Gasteiger partial charge in [-0.1, -0.05) is 6.08 Å².